The van der Waals surface area contributed by atoms with Crippen LogP contribution in [-0.2, 0) is 9.84 Å². The number of guanidine groups is 1. The molecule has 0 bridgehead atoms. The van der Waals surface area contributed by atoms with Gasteiger partial charge < -0.3 is 15.4 Å². The van der Waals surface area contributed by atoms with Gasteiger partial charge in [0.25, 0.3) is 0 Å². The van der Waals surface area contributed by atoms with Crippen LogP contribution in [0.2, 0.25) is 0 Å². The van der Waals surface area contributed by atoms with Gasteiger partial charge in [-0.2, -0.15) is 0 Å². The van der Waals surface area contributed by atoms with Crippen LogP contribution in [0.25, 0.3) is 0 Å². The molecule has 0 amide bonds. The Bertz CT molecular complexity index is 817. The zero-order valence-corrected chi connectivity index (χ0v) is 18.3. The van der Waals surface area contributed by atoms with E-state index in [0.717, 1.165) is 0 Å². The Morgan fingerprint density at radius 2 is 2.00 bits per heavy atom. The molecule has 6 nitrogen and oxygen atoms in total. The van der Waals surface area contributed by atoms with E-state index in [-0.39, 0.29) is 59.2 Å². The van der Waals surface area contributed by atoms with Crippen LogP contribution in [-0.4, -0.2) is 50.9 Å². The van der Waals surface area contributed by atoms with E-state index in [1.165, 1.54) is 12.1 Å². The van der Waals surface area contributed by atoms with E-state index >= 15 is 0 Å². The summed E-state index contributed by atoms with van der Waals surface area (Å²) in [5.74, 6) is 0.385. The normalized spacial score (nSPS) is 26.3. The summed E-state index contributed by atoms with van der Waals surface area (Å²) in [5.41, 5.74) is 0.492. The minimum atomic E-state index is -4.74. The number of hydrogen-bond acceptors (Lipinski definition) is 4. The fraction of sp³-hybridized carbons (Fsp3) is 0.588. The zero-order valence-electron chi connectivity index (χ0n) is 15.2. The molecule has 28 heavy (non-hydrogen) atoms. The maximum Gasteiger partial charge on any atom is 0.573 e. The number of aliphatic imine (C=N–C) groups is 1. The number of nitrogens with zero attached hydrogens (tertiary/aromatic N) is 1. The van der Waals surface area contributed by atoms with Crippen LogP contribution >= 0.6 is 24.0 Å². The first kappa shape index (κ1) is 23.0. The minimum absolute atomic E-state index is 0. The highest BCUT2D eigenvalue weighted by atomic mass is 127. The standard InChI is InChI=1S/C17H22F3N3O3S.HI/c1-2-21-16(22-11-7-8-27(24,25)10-11)23-14-9-13(14)12-5-3-4-6-15(12)26-17(18,19)20;/h3-6,11,13-14H,2,7-10H2,1H3,(H2,21,22,23);1H. The maximum atomic E-state index is 12.6. The number of halogens is 4. The topological polar surface area (TPSA) is 79.8 Å². The fourth-order valence-corrected chi connectivity index (χ4v) is 4.94. The number of sulfone groups is 1. The first-order valence-electron chi connectivity index (χ1n) is 8.79. The SMILES string of the molecule is CCN=C(NC1CCS(=O)(=O)C1)NC1CC1c1ccccc1OC(F)(F)F.I. The van der Waals surface area contributed by atoms with Crippen molar-refractivity contribution in [3.8, 4) is 5.75 Å². The summed E-state index contributed by atoms with van der Waals surface area (Å²) >= 11 is 0. The number of rotatable bonds is 5. The van der Waals surface area contributed by atoms with E-state index in [1.807, 2.05) is 6.92 Å². The second kappa shape index (κ2) is 9.06. The molecule has 3 atom stereocenters. The number of para-hydroxylation sites is 1. The van der Waals surface area contributed by atoms with Crippen LogP contribution in [0.1, 0.15) is 31.2 Å². The van der Waals surface area contributed by atoms with Crippen LogP contribution in [0.5, 0.6) is 5.75 Å². The Morgan fingerprint density at radius 1 is 1.29 bits per heavy atom. The van der Waals surface area contributed by atoms with Crippen LogP contribution in [0.3, 0.4) is 0 Å². The average molecular weight is 533 g/mol. The van der Waals surface area contributed by atoms with Crippen LogP contribution in [0, 0.1) is 0 Å². The first-order chi connectivity index (χ1) is 12.7. The zero-order chi connectivity index (χ0) is 19.7. The van der Waals surface area contributed by atoms with Crippen molar-refractivity contribution in [3.05, 3.63) is 29.8 Å². The van der Waals surface area contributed by atoms with Gasteiger partial charge in [-0.25, -0.2) is 8.42 Å². The predicted molar refractivity (Wildman–Crippen MR) is 111 cm³/mol. The van der Waals surface area contributed by atoms with Crippen molar-refractivity contribution in [2.24, 2.45) is 4.99 Å². The van der Waals surface area contributed by atoms with Gasteiger partial charge >= 0.3 is 6.36 Å². The lowest BCUT2D eigenvalue weighted by atomic mass is 10.1. The predicted octanol–water partition coefficient (Wildman–Crippen LogP) is 2.80. The van der Waals surface area contributed by atoms with Crippen molar-refractivity contribution in [1.29, 1.82) is 0 Å². The highest BCUT2D eigenvalue weighted by Gasteiger charge is 2.43. The molecule has 2 N–H and O–H groups in total. The summed E-state index contributed by atoms with van der Waals surface area (Å²) < 4.78 is 65.1. The van der Waals surface area contributed by atoms with Crippen LogP contribution in [0.4, 0.5) is 13.2 Å². The summed E-state index contributed by atoms with van der Waals surface area (Å²) in [6.07, 6.45) is -3.58. The highest BCUT2D eigenvalue weighted by Crippen LogP contribution is 2.45. The number of hydrogen-bond donors (Lipinski definition) is 2. The Hall–Kier alpha value is -1.24. The Balaban J connectivity index is 0.00000280. The van der Waals surface area contributed by atoms with E-state index in [2.05, 4.69) is 20.4 Å². The van der Waals surface area contributed by atoms with Gasteiger partial charge in [0, 0.05) is 24.5 Å². The lowest BCUT2D eigenvalue weighted by Crippen LogP contribution is -2.45. The summed E-state index contributed by atoms with van der Waals surface area (Å²) in [5, 5.41) is 6.31. The molecule has 3 unspecified atom stereocenters. The first-order valence-corrected chi connectivity index (χ1v) is 10.6. The van der Waals surface area contributed by atoms with Crippen molar-refractivity contribution in [2.75, 3.05) is 18.1 Å². The van der Waals surface area contributed by atoms with Crippen molar-refractivity contribution < 1.29 is 26.3 Å². The smallest absolute Gasteiger partial charge is 0.405 e. The third-order valence-corrected chi connectivity index (χ3v) is 6.31. The minimum Gasteiger partial charge on any atom is -0.405 e. The van der Waals surface area contributed by atoms with Gasteiger partial charge in [-0.05, 0) is 31.4 Å². The molecule has 1 aliphatic heterocycles. The van der Waals surface area contributed by atoms with Crippen molar-refractivity contribution in [1.82, 2.24) is 10.6 Å². The lowest BCUT2D eigenvalue weighted by Gasteiger charge is -2.17. The Kier molecular flexibility index (Phi) is 7.45. The lowest BCUT2D eigenvalue weighted by molar-refractivity contribution is -0.274. The fourth-order valence-electron chi connectivity index (χ4n) is 3.27. The van der Waals surface area contributed by atoms with Crippen molar-refractivity contribution in [2.45, 2.75) is 44.1 Å². The van der Waals surface area contributed by atoms with E-state index in [9.17, 15) is 21.6 Å². The molecule has 1 aromatic rings. The molecule has 11 heteroatoms. The molecule has 1 saturated heterocycles. The van der Waals surface area contributed by atoms with Gasteiger partial charge in [0.05, 0.1) is 11.5 Å². The quantitative estimate of drug-likeness (QED) is 0.346. The van der Waals surface area contributed by atoms with E-state index in [0.29, 0.717) is 30.9 Å². The third-order valence-electron chi connectivity index (χ3n) is 4.55. The van der Waals surface area contributed by atoms with E-state index in [1.54, 1.807) is 12.1 Å². The van der Waals surface area contributed by atoms with Crippen molar-refractivity contribution >= 4 is 39.8 Å². The molecule has 1 aromatic carbocycles. The summed E-state index contributed by atoms with van der Waals surface area (Å²) in [7, 11) is -3.01. The molecule has 1 saturated carbocycles. The number of ether oxygens (including phenoxy) is 1. The number of alkyl halides is 3. The highest BCUT2D eigenvalue weighted by molar-refractivity contribution is 14.0. The van der Waals surface area contributed by atoms with Gasteiger partial charge in [-0.3, -0.25) is 4.99 Å². The summed E-state index contributed by atoms with van der Waals surface area (Å²) in [6.45, 7) is 2.35. The Morgan fingerprint density at radius 3 is 2.61 bits per heavy atom. The van der Waals surface area contributed by atoms with Gasteiger partial charge in [0.1, 0.15) is 5.75 Å². The monoisotopic (exact) mass is 533 g/mol. The molecule has 1 heterocycles. The number of benzene rings is 1. The molecule has 0 aromatic heterocycles. The molecular formula is C17H23F3IN3O3S. The second-order valence-corrected chi connectivity index (χ2v) is 8.97. The maximum absolute atomic E-state index is 12.6. The molecule has 2 aliphatic rings. The molecule has 0 spiro atoms. The van der Waals surface area contributed by atoms with E-state index < -0.39 is 16.2 Å². The molecule has 158 valence electrons. The Labute approximate surface area is 179 Å². The molecule has 3 rings (SSSR count). The summed E-state index contributed by atoms with van der Waals surface area (Å²) in [4.78, 5) is 4.31. The molecule has 1 aliphatic carbocycles. The van der Waals surface area contributed by atoms with Crippen LogP contribution in [0.15, 0.2) is 29.3 Å². The third kappa shape index (κ3) is 6.39. The van der Waals surface area contributed by atoms with Gasteiger partial charge in [0.15, 0.2) is 15.8 Å². The van der Waals surface area contributed by atoms with E-state index in [4.69, 9.17) is 0 Å². The average Bonchev–Trinajstić information content (AvgIpc) is 3.22. The van der Waals surface area contributed by atoms with Gasteiger partial charge in [-0.15, -0.1) is 37.1 Å². The van der Waals surface area contributed by atoms with Gasteiger partial charge in [0.2, 0.25) is 0 Å². The molecular weight excluding hydrogens is 510 g/mol. The number of nitrogens with one attached hydrogen (secondary N) is 2. The molecule has 0 radical (unpaired) electrons. The second-order valence-electron chi connectivity index (χ2n) is 6.75. The largest absolute Gasteiger partial charge is 0.573 e. The molecule has 2 fully saturated rings. The van der Waals surface area contributed by atoms with Gasteiger partial charge in [-0.1, -0.05) is 18.2 Å². The van der Waals surface area contributed by atoms with Crippen LogP contribution < -0.4 is 15.4 Å². The van der Waals surface area contributed by atoms with Crippen molar-refractivity contribution in [3.63, 3.8) is 0 Å². The summed E-state index contributed by atoms with van der Waals surface area (Å²) in [6, 6.07) is 5.82.